The molecule has 1 amide bonds. The van der Waals surface area contributed by atoms with Crippen molar-refractivity contribution < 1.29 is 9.53 Å². The Balaban J connectivity index is 1.22. The molecular weight excluding hydrogens is 310 g/mol. The van der Waals surface area contributed by atoms with E-state index in [4.69, 9.17) is 4.74 Å². The molecule has 3 nitrogen and oxygen atoms in total. The first kappa shape index (κ1) is 16.9. The van der Waals surface area contributed by atoms with Crippen LogP contribution >= 0.6 is 0 Å². The van der Waals surface area contributed by atoms with Crippen LogP contribution in [0, 0.1) is 23.2 Å². The highest BCUT2D eigenvalue weighted by Gasteiger charge is 2.53. The number of hydrogen-bond donors (Lipinski definition) is 1. The van der Waals surface area contributed by atoms with Gasteiger partial charge < -0.3 is 10.1 Å². The van der Waals surface area contributed by atoms with Crippen molar-refractivity contribution in [2.45, 2.75) is 64.3 Å². The Kier molecular flexibility index (Phi) is 4.75. The molecule has 4 aliphatic carbocycles. The van der Waals surface area contributed by atoms with Crippen LogP contribution in [0.25, 0.3) is 0 Å². The van der Waals surface area contributed by atoms with Gasteiger partial charge in [0.05, 0.1) is 6.61 Å². The summed E-state index contributed by atoms with van der Waals surface area (Å²) in [5.74, 6) is 3.88. The largest absolute Gasteiger partial charge is 0.494 e. The Hall–Kier alpha value is -1.51. The molecule has 5 rings (SSSR count). The fraction of sp³-hybridized carbons (Fsp3) is 0.682. The Morgan fingerprint density at radius 3 is 2.32 bits per heavy atom. The van der Waals surface area contributed by atoms with E-state index in [-0.39, 0.29) is 5.91 Å². The van der Waals surface area contributed by atoms with Gasteiger partial charge in [-0.3, -0.25) is 4.79 Å². The summed E-state index contributed by atoms with van der Waals surface area (Å²) in [6, 6.07) is 10.1. The lowest BCUT2D eigenvalue weighted by atomic mass is 9.48. The van der Waals surface area contributed by atoms with Crippen LogP contribution in [0.4, 0.5) is 0 Å². The number of amides is 1. The second-order valence-corrected chi connectivity index (χ2v) is 8.83. The standard InChI is InChI=1S/C22H31NO2/c1-16(22-13-17-10-18(14-22)12-19(11-17)15-22)23-21(24)8-5-9-25-20-6-3-2-4-7-20/h2-4,6-7,16-19H,5,8-15H2,1H3,(H,23,24). The van der Waals surface area contributed by atoms with Crippen LogP contribution in [0.5, 0.6) is 5.75 Å². The first-order valence-corrected chi connectivity index (χ1v) is 10.1. The van der Waals surface area contributed by atoms with E-state index in [1.54, 1.807) is 0 Å². The molecule has 4 saturated carbocycles. The third kappa shape index (κ3) is 3.70. The Bertz CT molecular complexity index is 562. The molecule has 0 spiro atoms. The number of benzene rings is 1. The molecule has 3 heteroatoms. The van der Waals surface area contributed by atoms with Crippen LogP contribution < -0.4 is 10.1 Å². The molecule has 0 saturated heterocycles. The fourth-order valence-corrected chi connectivity index (χ4v) is 6.11. The minimum Gasteiger partial charge on any atom is -0.494 e. The quantitative estimate of drug-likeness (QED) is 0.738. The monoisotopic (exact) mass is 341 g/mol. The number of carbonyl (C=O) groups excluding carboxylic acids is 1. The topological polar surface area (TPSA) is 38.3 Å². The lowest BCUT2D eigenvalue weighted by Gasteiger charge is -2.59. The Morgan fingerprint density at radius 2 is 1.72 bits per heavy atom. The molecule has 0 heterocycles. The highest BCUT2D eigenvalue weighted by molar-refractivity contribution is 5.76. The molecule has 1 N–H and O–H groups in total. The van der Waals surface area contributed by atoms with E-state index in [1.807, 2.05) is 30.3 Å². The zero-order valence-corrected chi connectivity index (χ0v) is 15.4. The summed E-state index contributed by atoms with van der Waals surface area (Å²) < 4.78 is 5.68. The van der Waals surface area contributed by atoms with Crippen LogP contribution in [0.3, 0.4) is 0 Å². The summed E-state index contributed by atoms with van der Waals surface area (Å²) in [5, 5.41) is 3.34. The van der Waals surface area contributed by atoms with Crippen molar-refractivity contribution in [1.29, 1.82) is 0 Å². The highest BCUT2D eigenvalue weighted by Crippen LogP contribution is 2.61. The van der Waals surface area contributed by atoms with Crippen molar-refractivity contribution in [2.24, 2.45) is 23.2 Å². The molecule has 25 heavy (non-hydrogen) atoms. The third-order valence-corrected chi connectivity index (χ3v) is 6.94. The lowest BCUT2D eigenvalue weighted by molar-refractivity contribution is -0.126. The minimum atomic E-state index is 0.194. The van der Waals surface area contributed by atoms with Crippen molar-refractivity contribution in [2.75, 3.05) is 6.61 Å². The molecular formula is C22H31NO2. The average Bonchev–Trinajstić information content (AvgIpc) is 2.58. The van der Waals surface area contributed by atoms with Crippen LogP contribution in [0.1, 0.15) is 58.3 Å². The average molecular weight is 341 g/mol. The third-order valence-electron chi connectivity index (χ3n) is 6.94. The number of para-hydroxylation sites is 1. The number of ether oxygens (including phenoxy) is 1. The van der Waals surface area contributed by atoms with Crippen molar-refractivity contribution in [3.8, 4) is 5.75 Å². The number of hydrogen-bond acceptors (Lipinski definition) is 2. The number of nitrogens with one attached hydrogen (secondary N) is 1. The summed E-state index contributed by atoms with van der Waals surface area (Å²) in [6.07, 6.45) is 9.73. The smallest absolute Gasteiger partial charge is 0.220 e. The van der Waals surface area contributed by atoms with E-state index < -0.39 is 0 Å². The Labute approximate surface area is 151 Å². The summed E-state index contributed by atoms with van der Waals surface area (Å²) in [7, 11) is 0. The maximum atomic E-state index is 12.4. The lowest BCUT2D eigenvalue weighted by Crippen LogP contribution is -2.55. The first-order chi connectivity index (χ1) is 12.1. The molecule has 4 aliphatic rings. The molecule has 1 unspecified atom stereocenters. The second-order valence-electron chi connectivity index (χ2n) is 8.83. The van der Waals surface area contributed by atoms with E-state index in [0.29, 0.717) is 24.5 Å². The van der Waals surface area contributed by atoms with Crippen molar-refractivity contribution >= 4 is 5.91 Å². The minimum absolute atomic E-state index is 0.194. The molecule has 1 atom stereocenters. The highest BCUT2D eigenvalue weighted by atomic mass is 16.5. The molecule has 1 aromatic rings. The van der Waals surface area contributed by atoms with Gasteiger partial charge in [-0.2, -0.15) is 0 Å². The molecule has 4 bridgehead atoms. The van der Waals surface area contributed by atoms with Gasteiger partial charge in [0.2, 0.25) is 5.91 Å². The van der Waals surface area contributed by atoms with Gasteiger partial charge >= 0.3 is 0 Å². The van der Waals surface area contributed by atoms with Crippen molar-refractivity contribution in [3.63, 3.8) is 0 Å². The van der Waals surface area contributed by atoms with E-state index in [1.165, 1.54) is 38.5 Å². The summed E-state index contributed by atoms with van der Waals surface area (Å²) in [5.41, 5.74) is 0.394. The summed E-state index contributed by atoms with van der Waals surface area (Å²) >= 11 is 0. The van der Waals surface area contributed by atoms with Crippen LogP contribution in [0.2, 0.25) is 0 Å². The number of rotatable bonds is 7. The summed E-state index contributed by atoms with van der Waals surface area (Å²) in [4.78, 5) is 12.4. The predicted molar refractivity (Wildman–Crippen MR) is 99.4 cm³/mol. The second kappa shape index (κ2) is 7.01. The van der Waals surface area contributed by atoms with Gasteiger partial charge in [-0.1, -0.05) is 18.2 Å². The molecule has 4 fully saturated rings. The zero-order chi connectivity index (χ0) is 17.3. The molecule has 136 valence electrons. The van der Waals surface area contributed by atoms with Gasteiger partial charge in [0.1, 0.15) is 5.75 Å². The van der Waals surface area contributed by atoms with Crippen LogP contribution in [-0.4, -0.2) is 18.6 Å². The molecule has 1 aromatic carbocycles. The normalized spacial score (nSPS) is 33.9. The maximum Gasteiger partial charge on any atom is 0.220 e. The molecule has 0 aromatic heterocycles. The zero-order valence-electron chi connectivity index (χ0n) is 15.4. The van der Waals surface area contributed by atoms with E-state index in [0.717, 1.165) is 29.9 Å². The fourth-order valence-electron chi connectivity index (χ4n) is 6.11. The maximum absolute atomic E-state index is 12.4. The van der Waals surface area contributed by atoms with Gasteiger partial charge in [-0.15, -0.1) is 0 Å². The van der Waals surface area contributed by atoms with Crippen LogP contribution in [0.15, 0.2) is 30.3 Å². The SMILES string of the molecule is CC(NC(=O)CCCOc1ccccc1)C12CC3CC(CC(C3)C1)C2. The molecule has 0 aliphatic heterocycles. The van der Waals surface area contributed by atoms with Gasteiger partial charge in [0.15, 0.2) is 0 Å². The van der Waals surface area contributed by atoms with E-state index in [9.17, 15) is 4.79 Å². The van der Waals surface area contributed by atoms with Gasteiger partial charge in [-0.25, -0.2) is 0 Å². The summed E-state index contributed by atoms with van der Waals surface area (Å²) in [6.45, 7) is 2.86. The Morgan fingerprint density at radius 1 is 1.12 bits per heavy atom. The first-order valence-electron chi connectivity index (χ1n) is 10.1. The van der Waals surface area contributed by atoms with Crippen molar-refractivity contribution in [1.82, 2.24) is 5.32 Å². The van der Waals surface area contributed by atoms with E-state index >= 15 is 0 Å². The van der Waals surface area contributed by atoms with Crippen molar-refractivity contribution in [3.05, 3.63) is 30.3 Å². The van der Waals surface area contributed by atoms with Gasteiger partial charge in [0.25, 0.3) is 0 Å². The molecule has 0 radical (unpaired) electrons. The predicted octanol–water partition coefficient (Wildman–Crippen LogP) is 4.57. The van der Waals surface area contributed by atoms with E-state index in [2.05, 4.69) is 12.2 Å². The number of carbonyl (C=O) groups is 1. The van der Waals surface area contributed by atoms with Gasteiger partial charge in [-0.05, 0) is 87.2 Å². The van der Waals surface area contributed by atoms with Gasteiger partial charge in [0, 0.05) is 12.5 Å². The van der Waals surface area contributed by atoms with Crippen LogP contribution in [-0.2, 0) is 4.79 Å².